The molecular weight excluding hydrogens is 1080 g/mol. The van der Waals surface area contributed by atoms with Crippen molar-refractivity contribution in [2.24, 2.45) is 11.8 Å². The first-order chi connectivity index (χ1) is 41.1. The van der Waals surface area contributed by atoms with E-state index < -0.39 is 0 Å². The van der Waals surface area contributed by atoms with Gasteiger partial charge in [-0.05, 0) is 188 Å². The van der Waals surface area contributed by atoms with Crippen molar-refractivity contribution < 1.29 is 28.7 Å². The number of hydrogen-bond acceptors (Lipinski definition) is 13. The lowest BCUT2D eigenvalue weighted by Crippen LogP contribution is -2.63. The Morgan fingerprint density at radius 1 is 0.767 bits per heavy atom. The summed E-state index contributed by atoms with van der Waals surface area (Å²) in [5.41, 5.74) is 10.6. The number of aryl methyl sites for hydroxylation is 2. The molecule has 4 aromatic rings. The molecule has 2 aromatic heterocycles. The Morgan fingerprint density at radius 2 is 1.40 bits per heavy atom. The van der Waals surface area contributed by atoms with Gasteiger partial charge in [0, 0.05) is 148 Å². The van der Waals surface area contributed by atoms with Crippen molar-refractivity contribution in [2.45, 2.75) is 193 Å². The van der Waals surface area contributed by atoms with Gasteiger partial charge in [-0.3, -0.25) is 38.7 Å². The molecule has 19 heteroatoms. The summed E-state index contributed by atoms with van der Waals surface area (Å²) in [6.07, 6.45) is 11.8. The molecular formula is C67H96N12O7. The molecule has 0 radical (unpaired) electrons. The summed E-state index contributed by atoms with van der Waals surface area (Å²) in [6, 6.07) is 15.8. The molecule has 0 spiro atoms. The first-order valence-electron chi connectivity index (χ1n) is 31.7. The number of pyridine rings is 2. The topological polar surface area (TPSA) is 234 Å². The van der Waals surface area contributed by atoms with E-state index in [1.807, 2.05) is 60.0 Å². The largest absolute Gasteiger partial charge is 0.378 e. The van der Waals surface area contributed by atoms with Gasteiger partial charge in [0.15, 0.2) is 0 Å². The fourth-order valence-corrected chi connectivity index (χ4v) is 14.8. The number of piperidine rings is 2. The highest BCUT2D eigenvalue weighted by molar-refractivity contribution is 5.99. The van der Waals surface area contributed by atoms with Crippen LogP contribution in [0.5, 0.6) is 0 Å². The SMILES string of the molecule is CNC(C1CCC(c2cc(C(=O)NCC3C(=O)NC(C)CC3C)c(C)c(N(C)C3CCC(NC(C)=O)CC3)c2)CN1)C1COCCN1Cc1ccc(-c2cc(C(=O)NCc3c(C)cc(C)[nH]c3=O)c(C)c(N(C)C3CCC(NC(C)=O)CC3)c2)cn1. The molecule has 9 rings (SSSR count). The van der Waals surface area contributed by atoms with Crippen LogP contribution < -0.4 is 52.6 Å². The third-order valence-corrected chi connectivity index (χ3v) is 19.8. The minimum absolute atomic E-state index is 0.00477. The summed E-state index contributed by atoms with van der Waals surface area (Å²) in [6.45, 7) is 18.7. The van der Waals surface area contributed by atoms with Gasteiger partial charge in [0.05, 0.1) is 30.9 Å². The zero-order valence-corrected chi connectivity index (χ0v) is 52.8. The Kier molecular flexibility index (Phi) is 21.1. The van der Waals surface area contributed by atoms with Crippen LogP contribution in [0.3, 0.4) is 0 Å². The van der Waals surface area contributed by atoms with E-state index in [1.165, 1.54) is 0 Å². The van der Waals surface area contributed by atoms with Gasteiger partial charge >= 0.3 is 0 Å². The van der Waals surface area contributed by atoms with Gasteiger partial charge in [0.2, 0.25) is 17.7 Å². The van der Waals surface area contributed by atoms with Crippen LogP contribution in [0.15, 0.2) is 53.5 Å². The zero-order chi connectivity index (χ0) is 61.5. The molecule has 86 heavy (non-hydrogen) atoms. The maximum absolute atomic E-state index is 14.4. The summed E-state index contributed by atoms with van der Waals surface area (Å²) in [5, 5.41) is 23.2. The summed E-state index contributed by atoms with van der Waals surface area (Å²) in [4.78, 5) is 93.6. The first-order valence-corrected chi connectivity index (χ1v) is 31.7. The summed E-state index contributed by atoms with van der Waals surface area (Å²) in [5.74, 6) is -0.413. The lowest BCUT2D eigenvalue weighted by Gasteiger charge is -2.45. The monoisotopic (exact) mass is 1180 g/mol. The third kappa shape index (κ3) is 15.2. The van der Waals surface area contributed by atoms with Crippen molar-refractivity contribution >= 4 is 40.9 Å². The Bertz CT molecular complexity index is 3120. The molecule has 19 nitrogen and oxygen atoms in total. The summed E-state index contributed by atoms with van der Waals surface area (Å²) in [7, 11) is 6.27. The Hall–Kier alpha value is -6.67. The highest BCUT2D eigenvalue weighted by Gasteiger charge is 2.39. The number of likely N-dealkylation sites (N-methyl/N-ethyl adjacent to an activating group) is 1. The second-order valence-corrected chi connectivity index (χ2v) is 25.8. The number of anilines is 2. The van der Waals surface area contributed by atoms with Crippen molar-refractivity contribution in [3.05, 3.63) is 109 Å². The number of aromatic nitrogens is 2. The maximum atomic E-state index is 14.4. The van der Waals surface area contributed by atoms with Gasteiger partial charge in [-0.1, -0.05) is 13.0 Å². The number of nitrogens with zero attached hydrogens (tertiary/aromatic N) is 4. The van der Waals surface area contributed by atoms with Gasteiger partial charge in [0.25, 0.3) is 17.4 Å². The molecule has 5 fully saturated rings. The number of carbonyl (C=O) groups excluding carboxylic acids is 5. The quantitative estimate of drug-likeness (QED) is 0.0496. The molecule has 3 aliphatic heterocycles. The summed E-state index contributed by atoms with van der Waals surface area (Å²) >= 11 is 0. The normalized spacial score (nSPS) is 25.7. The van der Waals surface area contributed by atoms with E-state index in [9.17, 15) is 28.8 Å². The number of benzene rings is 2. The molecule has 5 aliphatic rings. The minimum atomic E-state index is -0.291. The van der Waals surface area contributed by atoms with E-state index in [0.29, 0.717) is 36.4 Å². The van der Waals surface area contributed by atoms with Gasteiger partial charge in [-0.25, -0.2) is 0 Å². The molecule has 7 atom stereocenters. The van der Waals surface area contributed by atoms with Crippen LogP contribution in [0.2, 0.25) is 0 Å². The van der Waals surface area contributed by atoms with Gasteiger partial charge < -0.3 is 56.7 Å². The van der Waals surface area contributed by atoms with E-state index in [4.69, 9.17) is 9.72 Å². The number of amides is 5. The third-order valence-electron chi connectivity index (χ3n) is 19.8. The van der Waals surface area contributed by atoms with Crippen LogP contribution in [0.4, 0.5) is 11.4 Å². The molecule has 2 saturated carbocycles. The number of carbonyl (C=O) groups is 5. The predicted octanol–water partition coefficient (Wildman–Crippen LogP) is 6.58. The van der Waals surface area contributed by atoms with Crippen LogP contribution in [-0.2, 0) is 32.2 Å². The molecule has 0 bridgehead atoms. The van der Waals surface area contributed by atoms with E-state index in [1.54, 1.807) is 13.8 Å². The molecule has 5 amide bonds. The lowest BCUT2D eigenvalue weighted by molar-refractivity contribution is -0.129. The zero-order valence-electron chi connectivity index (χ0n) is 52.8. The molecule has 2 aromatic carbocycles. The standard InChI is InChI=1S/C67H96N12O7/c1-38-26-40(3)73-66(84)57(38)34-71-64(82)55-28-48(30-60(42(55)5)77(10)53-19-15-50(16-20-53)75-44(7)80)46-12-14-52(69-32-46)36-79-24-25-86-37-62(79)63(68-9)59-23-13-47(33-70-59)49-29-56(65(83)72-35-58-39(2)27-41(4)74-67(58)85)43(6)61(31-49)78(11)54-21-17-51(18-22-54)76-45(8)81/h12,14,26,28-32,39,41,47,50-51,53-54,58-59,62-63,68,70H,13,15-25,27,33-37H2,1-11H3,(H,71,82)(H,72,83)(H,73,84)(H,74,85)(H,75,80)(H,76,81). The summed E-state index contributed by atoms with van der Waals surface area (Å²) < 4.78 is 6.23. The number of H-pyrrole nitrogens is 1. The maximum Gasteiger partial charge on any atom is 0.253 e. The van der Waals surface area contributed by atoms with Gasteiger partial charge in [0.1, 0.15) is 0 Å². The van der Waals surface area contributed by atoms with Crippen LogP contribution in [0, 0.1) is 39.5 Å². The molecule has 7 unspecified atom stereocenters. The lowest BCUT2D eigenvalue weighted by atomic mass is 9.82. The predicted molar refractivity (Wildman–Crippen MR) is 339 cm³/mol. The number of ether oxygens (including phenoxy) is 1. The van der Waals surface area contributed by atoms with Crippen LogP contribution >= 0.6 is 0 Å². The smallest absolute Gasteiger partial charge is 0.253 e. The Morgan fingerprint density at radius 3 is 1.97 bits per heavy atom. The minimum Gasteiger partial charge on any atom is -0.378 e. The average molecular weight is 1180 g/mol. The number of morpholine rings is 1. The van der Waals surface area contributed by atoms with Crippen LogP contribution in [0.1, 0.15) is 164 Å². The Balaban J connectivity index is 0.900. The van der Waals surface area contributed by atoms with E-state index in [-0.39, 0.29) is 114 Å². The number of hydrogen-bond donors (Lipinski definition) is 8. The molecule has 2 aliphatic carbocycles. The number of rotatable bonds is 19. The van der Waals surface area contributed by atoms with Crippen molar-refractivity contribution in [1.82, 2.24) is 52.1 Å². The van der Waals surface area contributed by atoms with E-state index in [2.05, 4.69) is 108 Å². The van der Waals surface area contributed by atoms with Crippen molar-refractivity contribution in [2.75, 3.05) is 63.8 Å². The fraction of sp³-hybridized carbons (Fsp3) is 0.597. The van der Waals surface area contributed by atoms with Gasteiger partial charge in [-0.2, -0.15) is 0 Å². The van der Waals surface area contributed by atoms with Crippen molar-refractivity contribution in [3.8, 4) is 11.1 Å². The molecule has 3 saturated heterocycles. The Labute approximate surface area is 509 Å². The average Bonchev–Trinajstić information content (AvgIpc) is 1.88. The second kappa shape index (κ2) is 28.4. The molecule has 466 valence electrons. The first kappa shape index (κ1) is 63.8. The van der Waals surface area contributed by atoms with E-state index >= 15 is 0 Å². The van der Waals surface area contributed by atoms with Gasteiger partial charge in [-0.15, -0.1) is 0 Å². The molecule has 8 N–H and O–H groups in total. The number of aromatic amines is 1. The van der Waals surface area contributed by atoms with E-state index in [0.717, 1.165) is 140 Å². The second-order valence-electron chi connectivity index (χ2n) is 25.8. The molecule has 5 heterocycles. The highest BCUT2D eigenvalue weighted by atomic mass is 16.5. The van der Waals surface area contributed by atoms with Crippen LogP contribution in [0.25, 0.3) is 11.1 Å². The van der Waals surface area contributed by atoms with Crippen LogP contribution in [-0.4, -0.2) is 147 Å². The highest BCUT2D eigenvalue weighted by Crippen LogP contribution is 2.38. The fourth-order valence-electron chi connectivity index (χ4n) is 14.8. The van der Waals surface area contributed by atoms with Crippen molar-refractivity contribution in [1.29, 1.82) is 0 Å². The number of nitrogens with one attached hydrogen (secondary N) is 8. The van der Waals surface area contributed by atoms with Crippen molar-refractivity contribution in [3.63, 3.8) is 0 Å².